The molecule has 0 bridgehead atoms. The molecule has 0 amide bonds. The van der Waals surface area contributed by atoms with Gasteiger partial charge in [0.2, 0.25) is 0 Å². The van der Waals surface area contributed by atoms with E-state index < -0.39 is 23.5 Å². The van der Waals surface area contributed by atoms with Crippen LogP contribution in [0.5, 0.6) is 5.75 Å². The maximum atomic E-state index is 13.7. The molecule has 0 aliphatic carbocycles. The molecule has 1 unspecified atom stereocenters. The van der Waals surface area contributed by atoms with Gasteiger partial charge in [-0.3, -0.25) is 0 Å². The quantitative estimate of drug-likeness (QED) is 0.848. The van der Waals surface area contributed by atoms with Crippen LogP contribution >= 0.6 is 0 Å². The van der Waals surface area contributed by atoms with Crippen molar-refractivity contribution in [2.75, 3.05) is 6.61 Å². The van der Waals surface area contributed by atoms with E-state index in [0.29, 0.717) is 17.9 Å². The Balaban J connectivity index is 2.24. The summed E-state index contributed by atoms with van der Waals surface area (Å²) in [6, 6.07) is 7.92. The fourth-order valence-corrected chi connectivity index (χ4v) is 1.95. The van der Waals surface area contributed by atoms with E-state index in [-0.39, 0.29) is 5.56 Å². The first kappa shape index (κ1) is 15.4. The molecule has 0 aromatic heterocycles. The maximum Gasteiger partial charge on any atom is 0.194 e. The van der Waals surface area contributed by atoms with E-state index in [2.05, 4.69) is 0 Å². The summed E-state index contributed by atoms with van der Waals surface area (Å²) in [4.78, 5) is 0. The number of hydrogen-bond donors (Lipinski definition) is 1. The number of nitrogens with two attached hydrogens (primary N) is 1. The fraction of sp³-hybridized carbons (Fsp3) is 0.250. The van der Waals surface area contributed by atoms with E-state index in [0.717, 1.165) is 18.6 Å². The van der Waals surface area contributed by atoms with Gasteiger partial charge in [0, 0.05) is 5.56 Å². The Morgan fingerprint density at radius 2 is 1.67 bits per heavy atom. The summed E-state index contributed by atoms with van der Waals surface area (Å²) >= 11 is 0. The van der Waals surface area contributed by atoms with Crippen molar-refractivity contribution in [1.82, 2.24) is 0 Å². The van der Waals surface area contributed by atoms with Crippen molar-refractivity contribution in [3.05, 3.63) is 65.0 Å². The molecule has 0 heterocycles. The van der Waals surface area contributed by atoms with Gasteiger partial charge in [0.25, 0.3) is 0 Å². The molecular weight excluding hydrogens is 279 g/mol. The Morgan fingerprint density at radius 1 is 1.00 bits per heavy atom. The van der Waals surface area contributed by atoms with Gasteiger partial charge in [-0.2, -0.15) is 0 Å². The molecule has 0 fully saturated rings. The molecule has 0 spiro atoms. The molecule has 112 valence electrons. The van der Waals surface area contributed by atoms with Gasteiger partial charge in [-0.15, -0.1) is 0 Å². The van der Waals surface area contributed by atoms with Crippen molar-refractivity contribution in [2.45, 2.75) is 19.4 Å². The topological polar surface area (TPSA) is 35.2 Å². The van der Waals surface area contributed by atoms with Gasteiger partial charge < -0.3 is 10.5 Å². The monoisotopic (exact) mass is 295 g/mol. The van der Waals surface area contributed by atoms with E-state index in [1.54, 1.807) is 24.3 Å². The zero-order valence-corrected chi connectivity index (χ0v) is 11.6. The first-order chi connectivity index (χ1) is 10.0. The molecule has 2 N–H and O–H groups in total. The minimum Gasteiger partial charge on any atom is -0.494 e. The molecule has 21 heavy (non-hydrogen) atoms. The molecule has 2 aromatic rings. The molecule has 0 saturated carbocycles. The minimum absolute atomic E-state index is 0.0869. The SMILES string of the molecule is CCCOc1ccc(C(N)c2ccc(F)c(F)c2F)cc1. The smallest absolute Gasteiger partial charge is 0.194 e. The third-order valence-corrected chi connectivity index (χ3v) is 3.11. The van der Waals surface area contributed by atoms with E-state index >= 15 is 0 Å². The highest BCUT2D eigenvalue weighted by molar-refractivity contribution is 5.36. The second kappa shape index (κ2) is 6.63. The molecule has 5 heteroatoms. The average Bonchev–Trinajstić information content (AvgIpc) is 2.51. The van der Waals surface area contributed by atoms with Crippen LogP contribution in [0.1, 0.15) is 30.5 Å². The number of hydrogen-bond acceptors (Lipinski definition) is 2. The van der Waals surface area contributed by atoms with Gasteiger partial charge in [-0.1, -0.05) is 25.1 Å². The minimum atomic E-state index is -1.51. The van der Waals surface area contributed by atoms with Gasteiger partial charge in [0.1, 0.15) is 5.75 Å². The second-order valence-corrected chi connectivity index (χ2v) is 4.66. The first-order valence-electron chi connectivity index (χ1n) is 6.66. The van der Waals surface area contributed by atoms with Crippen molar-refractivity contribution in [2.24, 2.45) is 5.73 Å². The summed E-state index contributed by atoms with van der Waals surface area (Å²) in [7, 11) is 0. The number of ether oxygens (including phenoxy) is 1. The third kappa shape index (κ3) is 3.36. The van der Waals surface area contributed by atoms with Gasteiger partial charge in [0.15, 0.2) is 17.5 Å². The highest BCUT2D eigenvalue weighted by Crippen LogP contribution is 2.26. The van der Waals surface area contributed by atoms with Crippen molar-refractivity contribution >= 4 is 0 Å². The lowest BCUT2D eigenvalue weighted by atomic mass is 9.99. The highest BCUT2D eigenvalue weighted by atomic mass is 19.2. The van der Waals surface area contributed by atoms with Crippen LogP contribution in [0.25, 0.3) is 0 Å². The van der Waals surface area contributed by atoms with Gasteiger partial charge >= 0.3 is 0 Å². The second-order valence-electron chi connectivity index (χ2n) is 4.66. The molecular formula is C16H16F3NO. The van der Waals surface area contributed by atoms with Gasteiger partial charge in [-0.05, 0) is 30.2 Å². The number of halogens is 3. The predicted octanol–water partition coefficient (Wildman–Crippen LogP) is 3.94. The van der Waals surface area contributed by atoms with E-state index in [4.69, 9.17) is 10.5 Å². The van der Waals surface area contributed by atoms with Crippen molar-refractivity contribution in [3.8, 4) is 5.75 Å². The van der Waals surface area contributed by atoms with Gasteiger partial charge in [0.05, 0.1) is 12.6 Å². The number of rotatable bonds is 5. The fourth-order valence-electron chi connectivity index (χ4n) is 1.95. The maximum absolute atomic E-state index is 13.7. The summed E-state index contributed by atoms with van der Waals surface area (Å²) < 4.78 is 45.3. The normalized spacial score (nSPS) is 12.2. The summed E-state index contributed by atoms with van der Waals surface area (Å²) in [6.07, 6.45) is 0.890. The first-order valence-corrected chi connectivity index (χ1v) is 6.66. The average molecular weight is 295 g/mol. The molecule has 0 aliphatic rings. The lowest BCUT2D eigenvalue weighted by Gasteiger charge is -2.14. The molecule has 2 rings (SSSR count). The lowest BCUT2D eigenvalue weighted by Crippen LogP contribution is -2.15. The molecule has 1 atom stereocenters. The van der Waals surface area contributed by atoms with E-state index in [1.807, 2.05) is 6.92 Å². The van der Waals surface area contributed by atoms with Gasteiger partial charge in [-0.25, -0.2) is 13.2 Å². The van der Waals surface area contributed by atoms with E-state index in [9.17, 15) is 13.2 Å². The molecule has 0 radical (unpaired) electrons. The van der Waals surface area contributed by atoms with Crippen LogP contribution in [0, 0.1) is 17.5 Å². The Bertz CT molecular complexity index is 614. The summed E-state index contributed by atoms with van der Waals surface area (Å²) in [6.45, 7) is 2.60. The zero-order chi connectivity index (χ0) is 15.4. The summed E-state index contributed by atoms with van der Waals surface area (Å²) in [5.74, 6) is -3.31. The molecule has 2 aromatic carbocycles. The largest absolute Gasteiger partial charge is 0.494 e. The van der Waals surface area contributed by atoms with Crippen LogP contribution < -0.4 is 10.5 Å². The van der Waals surface area contributed by atoms with Crippen LogP contribution in [-0.4, -0.2) is 6.61 Å². The highest BCUT2D eigenvalue weighted by Gasteiger charge is 2.19. The van der Waals surface area contributed by atoms with Crippen LogP contribution in [0.15, 0.2) is 36.4 Å². The molecule has 0 saturated heterocycles. The zero-order valence-electron chi connectivity index (χ0n) is 11.6. The van der Waals surface area contributed by atoms with Crippen LogP contribution in [0.3, 0.4) is 0 Å². The Morgan fingerprint density at radius 3 is 2.29 bits per heavy atom. The molecule has 0 aliphatic heterocycles. The Hall–Kier alpha value is -2.01. The summed E-state index contributed by atoms with van der Waals surface area (Å²) in [5, 5.41) is 0. The van der Waals surface area contributed by atoms with Crippen molar-refractivity contribution in [3.63, 3.8) is 0 Å². The third-order valence-electron chi connectivity index (χ3n) is 3.11. The van der Waals surface area contributed by atoms with E-state index in [1.165, 1.54) is 0 Å². The van der Waals surface area contributed by atoms with Crippen molar-refractivity contribution < 1.29 is 17.9 Å². The predicted molar refractivity (Wildman–Crippen MR) is 74.6 cm³/mol. The lowest BCUT2D eigenvalue weighted by molar-refractivity contribution is 0.317. The Labute approximate surface area is 121 Å². The number of benzene rings is 2. The Kier molecular flexibility index (Phi) is 4.85. The van der Waals surface area contributed by atoms with Crippen LogP contribution in [-0.2, 0) is 0 Å². The van der Waals surface area contributed by atoms with Crippen molar-refractivity contribution in [1.29, 1.82) is 0 Å². The summed E-state index contributed by atoms with van der Waals surface area (Å²) in [5.41, 5.74) is 6.42. The van der Waals surface area contributed by atoms with Crippen LogP contribution in [0.2, 0.25) is 0 Å². The molecule has 2 nitrogen and oxygen atoms in total. The van der Waals surface area contributed by atoms with Crippen LogP contribution in [0.4, 0.5) is 13.2 Å². The standard InChI is InChI=1S/C16H16F3NO/c1-2-9-21-11-5-3-10(4-6-11)16(20)12-7-8-13(17)15(19)14(12)18/h3-8,16H,2,9,20H2,1H3.